The lowest BCUT2D eigenvalue weighted by molar-refractivity contribution is 1.12. The smallest absolute Gasteiger partial charge is 0.160 e. The molecule has 0 saturated heterocycles. The minimum Gasteiger partial charge on any atom is -0.228 e. The van der Waals surface area contributed by atoms with E-state index in [9.17, 15) is 0 Å². The lowest BCUT2D eigenvalue weighted by atomic mass is 9.90. The molecule has 0 N–H and O–H groups in total. The Balaban J connectivity index is 1.22. The topological polar surface area (TPSA) is 51.6 Å². The standard InChI is InChI=1S/C54H36N4S/c1-34-49(35-17-5-2-6-18-35)55-53(37-21-9-4-10-22-37)56-50(34)40-29-39(46-32-38-23-11-12-24-42(38)43-25-13-14-26-44(43)46)30-41(31-40)54-57-51(36-19-7-3-8-20-36)47-33-59-48-28-16-15-27-45(48)52(47)58-54/h2-32H,33H2,1H3. The van der Waals surface area contributed by atoms with Crippen LogP contribution in [0.3, 0.4) is 0 Å². The molecule has 11 rings (SSSR count). The molecule has 0 fully saturated rings. The van der Waals surface area contributed by atoms with Crippen LogP contribution in [0.4, 0.5) is 0 Å². The van der Waals surface area contributed by atoms with Gasteiger partial charge in [-0.2, -0.15) is 0 Å². The number of rotatable bonds is 6. The third-order valence-corrected chi connectivity index (χ3v) is 12.4. The Morgan fingerprint density at radius 1 is 0.373 bits per heavy atom. The zero-order valence-corrected chi connectivity index (χ0v) is 33.1. The molecule has 0 saturated carbocycles. The molecule has 0 spiro atoms. The van der Waals surface area contributed by atoms with E-state index < -0.39 is 0 Å². The van der Waals surface area contributed by atoms with Crippen LogP contribution in [-0.4, -0.2) is 19.9 Å². The van der Waals surface area contributed by atoms with Crippen LogP contribution < -0.4 is 0 Å². The molecule has 4 nitrogen and oxygen atoms in total. The maximum absolute atomic E-state index is 5.49. The van der Waals surface area contributed by atoms with Gasteiger partial charge in [0, 0.05) is 55.2 Å². The lowest BCUT2D eigenvalue weighted by Gasteiger charge is -2.22. The minimum atomic E-state index is 0.677. The predicted molar refractivity (Wildman–Crippen MR) is 245 cm³/mol. The van der Waals surface area contributed by atoms with Gasteiger partial charge in [-0.05, 0) is 69.9 Å². The average Bonchev–Trinajstić information content (AvgIpc) is 3.31. The van der Waals surface area contributed by atoms with Crippen molar-refractivity contribution in [2.75, 3.05) is 0 Å². The second-order valence-corrected chi connectivity index (χ2v) is 16.0. The van der Waals surface area contributed by atoms with Gasteiger partial charge < -0.3 is 0 Å². The van der Waals surface area contributed by atoms with E-state index in [2.05, 4.69) is 171 Å². The fourth-order valence-electron chi connectivity index (χ4n) is 8.48. The Morgan fingerprint density at radius 3 is 1.63 bits per heavy atom. The third-order valence-electron chi connectivity index (χ3n) is 11.3. The number of thioether (sulfide) groups is 1. The summed E-state index contributed by atoms with van der Waals surface area (Å²) < 4.78 is 0. The van der Waals surface area contributed by atoms with E-state index in [1.54, 1.807) is 0 Å². The van der Waals surface area contributed by atoms with E-state index in [1.165, 1.54) is 26.4 Å². The number of hydrogen-bond donors (Lipinski definition) is 0. The normalized spacial score (nSPS) is 12.0. The first kappa shape index (κ1) is 35.0. The van der Waals surface area contributed by atoms with Gasteiger partial charge in [-0.15, -0.1) is 11.8 Å². The second-order valence-electron chi connectivity index (χ2n) is 15.0. The maximum atomic E-state index is 5.49. The first-order chi connectivity index (χ1) is 29.2. The molecule has 59 heavy (non-hydrogen) atoms. The molecule has 0 atom stereocenters. The van der Waals surface area contributed by atoms with Crippen LogP contribution in [0, 0.1) is 6.92 Å². The SMILES string of the molecule is Cc1c(-c2ccccc2)nc(-c2ccccc2)nc1-c1cc(-c2nc(-c3ccccc3)c3c(n2)-c2ccccc2SC3)cc(-c2cc3ccccc3c3ccccc23)c1. The predicted octanol–water partition coefficient (Wildman–Crippen LogP) is 14.2. The van der Waals surface area contributed by atoms with Crippen molar-refractivity contribution in [3.63, 3.8) is 0 Å². The highest BCUT2D eigenvalue weighted by Crippen LogP contribution is 2.46. The first-order valence-electron chi connectivity index (χ1n) is 19.9. The zero-order chi connectivity index (χ0) is 39.3. The molecule has 0 aliphatic carbocycles. The van der Waals surface area contributed by atoms with E-state index in [1.807, 2.05) is 36.0 Å². The van der Waals surface area contributed by atoms with Gasteiger partial charge in [0.25, 0.3) is 0 Å². The van der Waals surface area contributed by atoms with Crippen LogP contribution in [0.1, 0.15) is 11.1 Å². The van der Waals surface area contributed by atoms with Gasteiger partial charge in [0.05, 0.1) is 22.8 Å². The largest absolute Gasteiger partial charge is 0.228 e. The van der Waals surface area contributed by atoms with Crippen molar-refractivity contribution in [3.8, 4) is 78.9 Å². The van der Waals surface area contributed by atoms with Crippen LogP contribution in [0.15, 0.2) is 193 Å². The van der Waals surface area contributed by atoms with Crippen molar-refractivity contribution < 1.29 is 0 Å². The molecular weight excluding hydrogens is 737 g/mol. The van der Waals surface area contributed by atoms with Crippen LogP contribution in [0.5, 0.6) is 0 Å². The summed E-state index contributed by atoms with van der Waals surface area (Å²) in [6.45, 7) is 2.14. The van der Waals surface area contributed by atoms with Gasteiger partial charge in [-0.1, -0.05) is 158 Å². The Kier molecular flexibility index (Phi) is 8.67. The molecule has 3 heterocycles. The fourth-order valence-corrected chi connectivity index (χ4v) is 9.55. The second kappa shape index (κ2) is 14.6. The quantitative estimate of drug-likeness (QED) is 0.158. The number of aromatic nitrogens is 4. The van der Waals surface area contributed by atoms with Crippen molar-refractivity contribution in [1.29, 1.82) is 0 Å². The zero-order valence-electron chi connectivity index (χ0n) is 32.3. The van der Waals surface area contributed by atoms with E-state index in [0.717, 1.165) is 84.2 Å². The van der Waals surface area contributed by atoms with Crippen LogP contribution in [-0.2, 0) is 5.75 Å². The Morgan fingerprint density at radius 2 is 0.881 bits per heavy atom. The van der Waals surface area contributed by atoms with Gasteiger partial charge in [0.1, 0.15) is 0 Å². The minimum absolute atomic E-state index is 0.677. The molecule has 0 amide bonds. The van der Waals surface area contributed by atoms with Crippen LogP contribution in [0.2, 0.25) is 0 Å². The highest BCUT2D eigenvalue weighted by molar-refractivity contribution is 7.98. The molecule has 278 valence electrons. The van der Waals surface area contributed by atoms with Gasteiger partial charge in [-0.25, -0.2) is 19.9 Å². The summed E-state index contributed by atoms with van der Waals surface area (Å²) in [4.78, 5) is 22.8. The summed E-state index contributed by atoms with van der Waals surface area (Å²) in [6.07, 6.45) is 0. The summed E-state index contributed by atoms with van der Waals surface area (Å²) >= 11 is 1.85. The van der Waals surface area contributed by atoms with Gasteiger partial charge >= 0.3 is 0 Å². The lowest BCUT2D eigenvalue weighted by Crippen LogP contribution is -2.06. The summed E-state index contributed by atoms with van der Waals surface area (Å²) in [6, 6.07) is 66.3. The van der Waals surface area contributed by atoms with Crippen molar-refractivity contribution in [3.05, 3.63) is 199 Å². The van der Waals surface area contributed by atoms with Gasteiger partial charge in [0.15, 0.2) is 11.6 Å². The summed E-state index contributed by atoms with van der Waals surface area (Å²) in [5.41, 5.74) is 14.2. The van der Waals surface area contributed by atoms with Crippen LogP contribution >= 0.6 is 11.8 Å². The Labute approximate surface area is 347 Å². The highest BCUT2D eigenvalue weighted by Gasteiger charge is 2.25. The van der Waals surface area contributed by atoms with Crippen LogP contribution in [0.25, 0.3) is 100 Å². The Hall–Kier alpha value is -7.21. The van der Waals surface area contributed by atoms with Crippen molar-refractivity contribution in [1.82, 2.24) is 19.9 Å². The molecule has 0 unspecified atom stereocenters. The van der Waals surface area contributed by atoms with Gasteiger partial charge in [0.2, 0.25) is 0 Å². The maximum Gasteiger partial charge on any atom is 0.160 e. The highest BCUT2D eigenvalue weighted by atomic mass is 32.2. The van der Waals surface area contributed by atoms with Crippen molar-refractivity contribution >= 4 is 33.3 Å². The van der Waals surface area contributed by atoms with E-state index in [0.29, 0.717) is 11.6 Å². The molecule has 0 bridgehead atoms. The summed E-state index contributed by atoms with van der Waals surface area (Å²) in [5, 5.41) is 4.83. The van der Waals surface area contributed by atoms with E-state index in [-0.39, 0.29) is 0 Å². The Bertz CT molecular complexity index is 3200. The number of fused-ring (bicyclic) bond motifs is 6. The number of nitrogens with zero attached hydrogens (tertiary/aromatic N) is 4. The monoisotopic (exact) mass is 772 g/mol. The van der Waals surface area contributed by atoms with E-state index >= 15 is 0 Å². The number of benzene rings is 8. The fraction of sp³-hybridized carbons (Fsp3) is 0.0370. The molecule has 8 aromatic carbocycles. The molecule has 2 aromatic heterocycles. The molecule has 0 radical (unpaired) electrons. The third kappa shape index (κ3) is 6.28. The summed E-state index contributed by atoms with van der Waals surface area (Å²) in [7, 11) is 0. The average molecular weight is 773 g/mol. The molecule has 10 aromatic rings. The molecule has 1 aliphatic heterocycles. The summed E-state index contributed by atoms with van der Waals surface area (Å²) in [5.74, 6) is 2.16. The van der Waals surface area contributed by atoms with Crippen molar-refractivity contribution in [2.45, 2.75) is 17.6 Å². The van der Waals surface area contributed by atoms with Gasteiger partial charge in [-0.3, -0.25) is 0 Å². The first-order valence-corrected chi connectivity index (χ1v) is 20.9. The van der Waals surface area contributed by atoms with E-state index in [4.69, 9.17) is 19.9 Å². The van der Waals surface area contributed by atoms with Crippen molar-refractivity contribution in [2.24, 2.45) is 0 Å². The molecular formula is C54H36N4S. The number of hydrogen-bond acceptors (Lipinski definition) is 5. The molecule has 5 heteroatoms. The molecule has 1 aliphatic rings.